The van der Waals surface area contributed by atoms with E-state index in [9.17, 15) is 0 Å². The van der Waals surface area contributed by atoms with Gasteiger partial charge in [0.15, 0.2) is 0 Å². The highest BCUT2D eigenvalue weighted by Gasteiger charge is 2.27. The highest BCUT2D eigenvalue weighted by atomic mass is 15.4. The lowest BCUT2D eigenvalue weighted by Gasteiger charge is -2.26. The molecule has 2 aliphatic carbocycles. The quantitative estimate of drug-likeness (QED) is 0.829. The molecule has 7 heteroatoms. The van der Waals surface area contributed by atoms with Gasteiger partial charge in [-0.05, 0) is 50.9 Å². The van der Waals surface area contributed by atoms with Gasteiger partial charge in [0.05, 0.1) is 5.69 Å². The maximum atomic E-state index is 6.00. The van der Waals surface area contributed by atoms with Crippen molar-refractivity contribution >= 4 is 12.0 Å². The topological polar surface area (TPSA) is 94.5 Å². The maximum absolute atomic E-state index is 6.00. The third-order valence-corrected chi connectivity index (χ3v) is 5.49. The average molecular weight is 353 g/mol. The Hall–Kier alpha value is -2.28. The van der Waals surface area contributed by atoms with Gasteiger partial charge in [0.25, 0.3) is 0 Å². The van der Waals surface area contributed by atoms with Gasteiger partial charge in [0.1, 0.15) is 11.4 Å². The summed E-state index contributed by atoms with van der Waals surface area (Å²) < 4.78 is 1.87. The molecule has 0 unspecified atom stereocenters. The van der Waals surface area contributed by atoms with Crippen LogP contribution in [-0.2, 0) is 13.5 Å². The van der Waals surface area contributed by atoms with Crippen LogP contribution in [-0.4, -0.2) is 37.0 Å². The van der Waals surface area contributed by atoms with Gasteiger partial charge < -0.3 is 11.1 Å². The number of anilines is 1. The Morgan fingerprint density at radius 2 is 2.00 bits per heavy atom. The Labute approximate surface area is 154 Å². The lowest BCUT2D eigenvalue weighted by molar-refractivity contribution is 0.410. The molecule has 0 amide bonds. The number of aromatic nitrogens is 5. The Kier molecular flexibility index (Phi) is 4.72. The molecule has 0 spiro atoms. The summed E-state index contributed by atoms with van der Waals surface area (Å²) in [5.41, 5.74) is 9.70. The van der Waals surface area contributed by atoms with Gasteiger partial charge in [0, 0.05) is 30.9 Å². The van der Waals surface area contributed by atoms with Crippen LogP contribution in [0.3, 0.4) is 0 Å². The van der Waals surface area contributed by atoms with Crippen molar-refractivity contribution in [2.75, 3.05) is 5.32 Å². The van der Waals surface area contributed by atoms with E-state index in [2.05, 4.69) is 27.2 Å². The van der Waals surface area contributed by atoms with E-state index < -0.39 is 0 Å². The van der Waals surface area contributed by atoms with Crippen molar-refractivity contribution in [2.24, 2.45) is 18.7 Å². The Bertz CT molecular complexity index is 785. The van der Waals surface area contributed by atoms with E-state index in [1.54, 1.807) is 6.08 Å². The van der Waals surface area contributed by atoms with Gasteiger partial charge in [-0.3, -0.25) is 4.68 Å². The first-order valence-electron chi connectivity index (χ1n) is 9.54. The summed E-state index contributed by atoms with van der Waals surface area (Å²) in [6.45, 7) is 3.91. The number of hydrogen-bond donors (Lipinski definition) is 2. The molecule has 7 nitrogen and oxygen atoms in total. The molecule has 2 aromatic heterocycles. The summed E-state index contributed by atoms with van der Waals surface area (Å²) in [5, 5.41) is 12.1. The number of aryl methyl sites for hydroxylation is 1. The minimum atomic E-state index is 0.331. The molecule has 2 saturated carbocycles. The minimum Gasteiger partial charge on any atom is -0.351 e. The van der Waals surface area contributed by atoms with Crippen LogP contribution in [0.25, 0.3) is 17.5 Å². The minimum absolute atomic E-state index is 0.331. The van der Waals surface area contributed by atoms with Crippen molar-refractivity contribution in [1.29, 1.82) is 0 Å². The second kappa shape index (κ2) is 7.15. The van der Waals surface area contributed by atoms with Crippen LogP contribution in [0.1, 0.15) is 49.8 Å². The van der Waals surface area contributed by atoms with Gasteiger partial charge in [-0.1, -0.05) is 17.9 Å². The Balaban J connectivity index is 1.61. The van der Waals surface area contributed by atoms with E-state index >= 15 is 0 Å². The van der Waals surface area contributed by atoms with Crippen molar-refractivity contribution in [3.63, 3.8) is 0 Å². The lowest BCUT2D eigenvalue weighted by Crippen LogP contribution is -2.33. The molecule has 0 saturated heterocycles. The third-order valence-electron chi connectivity index (χ3n) is 5.49. The Morgan fingerprint density at radius 3 is 2.69 bits per heavy atom. The second-order valence-corrected chi connectivity index (χ2v) is 7.61. The molecule has 26 heavy (non-hydrogen) atoms. The monoisotopic (exact) mass is 353 g/mol. The SMILES string of the molecule is C=Cc1cnc(N[C@H]2CC[C@H](N)CC2)nc1-c1nnn(C)c1CC1CC1. The first kappa shape index (κ1) is 17.1. The lowest BCUT2D eigenvalue weighted by atomic mass is 9.92. The van der Waals surface area contributed by atoms with Crippen molar-refractivity contribution in [2.45, 2.75) is 57.0 Å². The van der Waals surface area contributed by atoms with Crippen LogP contribution in [0.15, 0.2) is 12.8 Å². The van der Waals surface area contributed by atoms with Crippen LogP contribution in [0.4, 0.5) is 5.95 Å². The first-order valence-corrected chi connectivity index (χ1v) is 9.54. The number of nitrogens with two attached hydrogens (primary N) is 1. The molecule has 4 rings (SSSR count). The molecule has 2 fully saturated rings. The zero-order chi connectivity index (χ0) is 18.1. The van der Waals surface area contributed by atoms with E-state index in [0.29, 0.717) is 18.0 Å². The zero-order valence-corrected chi connectivity index (χ0v) is 15.4. The normalized spacial score (nSPS) is 23.0. The summed E-state index contributed by atoms with van der Waals surface area (Å²) in [7, 11) is 1.95. The number of rotatable bonds is 6. The molecular formula is C19H27N7. The van der Waals surface area contributed by atoms with E-state index in [4.69, 9.17) is 10.7 Å². The number of nitrogens with zero attached hydrogens (tertiary/aromatic N) is 5. The number of hydrogen-bond acceptors (Lipinski definition) is 6. The summed E-state index contributed by atoms with van der Waals surface area (Å²) in [6, 6.07) is 0.710. The smallest absolute Gasteiger partial charge is 0.223 e. The molecule has 3 N–H and O–H groups in total. The molecule has 2 heterocycles. The molecule has 138 valence electrons. The maximum Gasteiger partial charge on any atom is 0.223 e. The molecule has 0 bridgehead atoms. The first-order chi connectivity index (χ1) is 12.6. The van der Waals surface area contributed by atoms with Gasteiger partial charge in [-0.2, -0.15) is 0 Å². The Morgan fingerprint density at radius 1 is 1.23 bits per heavy atom. The molecule has 2 aliphatic rings. The molecule has 0 atom stereocenters. The summed E-state index contributed by atoms with van der Waals surface area (Å²) in [6.07, 6.45) is 11.4. The molecule has 0 aliphatic heterocycles. The molecule has 0 aromatic carbocycles. The number of nitrogens with one attached hydrogen (secondary N) is 1. The standard InChI is InChI=1S/C19H27N7/c1-3-13-11-21-19(22-15-8-6-14(20)7-9-15)23-17(13)18-16(10-12-4-5-12)26(2)25-24-18/h3,11-12,14-15H,1,4-10,20H2,2H3,(H,21,22,23)/t14-,15-. The second-order valence-electron chi connectivity index (χ2n) is 7.61. The van der Waals surface area contributed by atoms with Gasteiger partial charge in [0.2, 0.25) is 5.95 Å². The third kappa shape index (κ3) is 3.62. The predicted molar refractivity (Wildman–Crippen MR) is 102 cm³/mol. The van der Waals surface area contributed by atoms with Crippen molar-refractivity contribution < 1.29 is 0 Å². The average Bonchev–Trinajstić information content (AvgIpc) is 3.40. The molecule has 0 radical (unpaired) electrons. The van der Waals surface area contributed by atoms with Gasteiger partial charge in [-0.25, -0.2) is 9.97 Å². The fraction of sp³-hybridized carbons (Fsp3) is 0.579. The zero-order valence-electron chi connectivity index (χ0n) is 15.4. The van der Waals surface area contributed by atoms with Crippen LogP contribution in [0, 0.1) is 5.92 Å². The van der Waals surface area contributed by atoms with Crippen LogP contribution in [0.5, 0.6) is 0 Å². The summed E-state index contributed by atoms with van der Waals surface area (Å²) in [4.78, 5) is 9.27. The van der Waals surface area contributed by atoms with Crippen LogP contribution >= 0.6 is 0 Å². The fourth-order valence-corrected chi connectivity index (χ4v) is 3.63. The van der Waals surface area contributed by atoms with E-state index in [-0.39, 0.29) is 0 Å². The molecular weight excluding hydrogens is 326 g/mol. The molecule has 2 aromatic rings. The summed E-state index contributed by atoms with van der Waals surface area (Å²) in [5.74, 6) is 1.40. The van der Waals surface area contributed by atoms with Gasteiger partial charge >= 0.3 is 0 Å². The van der Waals surface area contributed by atoms with E-state index in [0.717, 1.165) is 60.7 Å². The van der Waals surface area contributed by atoms with Crippen molar-refractivity contribution in [3.8, 4) is 11.4 Å². The van der Waals surface area contributed by atoms with Crippen LogP contribution < -0.4 is 11.1 Å². The fourth-order valence-electron chi connectivity index (χ4n) is 3.63. The highest BCUT2D eigenvalue weighted by molar-refractivity contribution is 5.70. The van der Waals surface area contributed by atoms with Gasteiger partial charge in [-0.15, -0.1) is 5.10 Å². The largest absolute Gasteiger partial charge is 0.351 e. The van der Waals surface area contributed by atoms with E-state index in [1.165, 1.54) is 12.8 Å². The van der Waals surface area contributed by atoms with Crippen molar-refractivity contribution in [1.82, 2.24) is 25.0 Å². The van der Waals surface area contributed by atoms with Crippen LogP contribution in [0.2, 0.25) is 0 Å². The van der Waals surface area contributed by atoms with E-state index in [1.807, 2.05) is 17.9 Å². The predicted octanol–water partition coefficient (Wildman–Crippen LogP) is 2.55. The summed E-state index contributed by atoms with van der Waals surface area (Å²) >= 11 is 0. The van der Waals surface area contributed by atoms with Crippen molar-refractivity contribution in [3.05, 3.63) is 24.0 Å². The highest BCUT2D eigenvalue weighted by Crippen LogP contribution is 2.35.